The number of aliphatic hydroxyl groups excluding tert-OH is 3. The standard InChI is InChI=1S/C8H10NO4P.C4H11NO3/c1-6(10)9-7-3-2-4-8(5-7)13-14(11)12;5-4(1-6,2-7)3-8/h2-5,11-12H,1H3,(H,9,10);6-8H,1-3,5H2. The molecule has 0 bridgehead atoms. The first kappa shape index (κ1) is 20.7. The number of aliphatic hydroxyl groups is 3. The molecule has 0 aliphatic rings. The smallest absolute Gasteiger partial charge is 0.391 e. The summed E-state index contributed by atoms with van der Waals surface area (Å²) in [6.07, 6.45) is 0. The van der Waals surface area contributed by atoms with Gasteiger partial charge in [0.05, 0.1) is 25.4 Å². The van der Waals surface area contributed by atoms with Gasteiger partial charge in [0.1, 0.15) is 5.75 Å². The van der Waals surface area contributed by atoms with E-state index in [1.54, 1.807) is 18.2 Å². The molecule has 0 fully saturated rings. The monoisotopic (exact) mass is 336 g/mol. The maximum atomic E-state index is 10.7. The van der Waals surface area contributed by atoms with Crippen LogP contribution in [0.25, 0.3) is 0 Å². The van der Waals surface area contributed by atoms with E-state index in [0.29, 0.717) is 11.4 Å². The molecule has 0 radical (unpaired) electrons. The van der Waals surface area contributed by atoms with E-state index in [-0.39, 0.29) is 5.91 Å². The molecular weight excluding hydrogens is 315 g/mol. The Hall–Kier alpha value is -1.32. The molecule has 9 nitrogen and oxygen atoms in total. The Labute approximate surface area is 129 Å². The van der Waals surface area contributed by atoms with Gasteiger partial charge in [-0.05, 0) is 12.1 Å². The third kappa shape index (κ3) is 8.85. The second-order valence-electron chi connectivity index (χ2n) is 4.39. The Kier molecular flexibility index (Phi) is 9.79. The molecule has 126 valence electrons. The molecule has 0 aliphatic heterocycles. The summed E-state index contributed by atoms with van der Waals surface area (Å²) in [6, 6.07) is 6.38. The van der Waals surface area contributed by atoms with Crippen molar-refractivity contribution in [1.82, 2.24) is 0 Å². The minimum Gasteiger partial charge on any atom is -0.427 e. The maximum absolute atomic E-state index is 10.7. The van der Waals surface area contributed by atoms with Gasteiger partial charge in [-0.25, -0.2) is 0 Å². The predicted molar refractivity (Wildman–Crippen MR) is 80.9 cm³/mol. The summed E-state index contributed by atoms with van der Waals surface area (Å²) >= 11 is 0. The number of anilines is 1. The van der Waals surface area contributed by atoms with Gasteiger partial charge >= 0.3 is 8.60 Å². The average Bonchev–Trinajstić information content (AvgIpc) is 2.46. The van der Waals surface area contributed by atoms with Crippen LogP contribution in [0.15, 0.2) is 24.3 Å². The highest BCUT2D eigenvalue weighted by Gasteiger charge is 2.20. The number of nitrogens with two attached hydrogens (primary N) is 1. The summed E-state index contributed by atoms with van der Waals surface area (Å²) in [5.74, 6) is 0.102. The molecule has 0 heterocycles. The van der Waals surface area contributed by atoms with E-state index in [4.69, 9.17) is 30.8 Å². The van der Waals surface area contributed by atoms with Crippen molar-refractivity contribution in [3.8, 4) is 5.75 Å². The zero-order valence-electron chi connectivity index (χ0n) is 12.0. The van der Waals surface area contributed by atoms with Gasteiger partial charge in [-0.15, -0.1) is 0 Å². The fourth-order valence-electron chi connectivity index (χ4n) is 1.08. The minimum absolute atomic E-state index is 0.197. The molecule has 22 heavy (non-hydrogen) atoms. The van der Waals surface area contributed by atoms with Crippen LogP contribution in [-0.2, 0) is 4.79 Å². The Morgan fingerprint density at radius 3 is 2.18 bits per heavy atom. The highest BCUT2D eigenvalue weighted by Crippen LogP contribution is 2.30. The van der Waals surface area contributed by atoms with E-state index in [1.807, 2.05) is 0 Å². The predicted octanol–water partition coefficient (Wildman–Crippen LogP) is -1.10. The molecule has 0 aliphatic carbocycles. The first-order chi connectivity index (χ1) is 10.3. The molecule has 0 saturated carbocycles. The Balaban J connectivity index is 0.000000472. The van der Waals surface area contributed by atoms with Crippen molar-refractivity contribution < 1.29 is 34.4 Å². The van der Waals surface area contributed by atoms with Crippen molar-refractivity contribution in [3.63, 3.8) is 0 Å². The molecule has 10 heteroatoms. The summed E-state index contributed by atoms with van der Waals surface area (Å²) in [4.78, 5) is 27.9. The van der Waals surface area contributed by atoms with E-state index in [2.05, 4.69) is 9.84 Å². The topological polar surface area (TPSA) is 166 Å². The number of nitrogens with one attached hydrogen (secondary N) is 1. The molecule has 1 aromatic carbocycles. The van der Waals surface area contributed by atoms with Crippen LogP contribution >= 0.6 is 8.60 Å². The molecule has 0 atom stereocenters. The number of hydrogen-bond donors (Lipinski definition) is 7. The fraction of sp³-hybridized carbons (Fsp3) is 0.417. The van der Waals surface area contributed by atoms with Crippen LogP contribution in [0.5, 0.6) is 5.75 Å². The first-order valence-corrected chi connectivity index (χ1v) is 7.28. The SMILES string of the molecule is CC(=O)Nc1cccc(OP(O)O)c1.NC(CO)(CO)CO. The minimum atomic E-state index is -2.42. The quantitative estimate of drug-likeness (QED) is 0.321. The zero-order valence-corrected chi connectivity index (χ0v) is 12.9. The van der Waals surface area contributed by atoms with Gasteiger partial charge in [0.25, 0.3) is 0 Å². The highest BCUT2D eigenvalue weighted by atomic mass is 31.2. The molecule has 1 amide bonds. The lowest BCUT2D eigenvalue weighted by molar-refractivity contribution is -0.114. The molecule has 0 aromatic heterocycles. The van der Waals surface area contributed by atoms with Crippen LogP contribution < -0.4 is 15.6 Å². The summed E-state index contributed by atoms with van der Waals surface area (Å²) in [6.45, 7) is 0.179. The van der Waals surface area contributed by atoms with Crippen molar-refractivity contribution in [1.29, 1.82) is 0 Å². The fourth-order valence-corrected chi connectivity index (χ4v) is 1.38. The number of amides is 1. The van der Waals surface area contributed by atoms with Crippen LogP contribution in [0, 0.1) is 0 Å². The highest BCUT2D eigenvalue weighted by molar-refractivity contribution is 7.39. The van der Waals surface area contributed by atoms with Crippen molar-refractivity contribution >= 4 is 20.2 Å². The molecule has 0 spiro atoms. The normalized spacial score (nSPS) is 10.7. The molecule has 8 N–H and O–H groups in total. The van der Waals surface area contributed by atoms with Gasteiger partial charge in [0.15, 0.2) is 0 Å². The number of carbonyl (C=O) groups is 1. The summed E-state index contributed by atoms with van der Waals surface area (Å²) in [5, 5.41) is 27.6. The maximum Gasteiger partial charge on any atom is 0.391 e. The van der Waals surface area contributed by atoms with Crippen LogP contribution in [-0.4, -0.2) is 56.4 Å². The lowest BCUT2D eigenvalue weighted by Gasteiger charge is -2.20. The van der Waals surface area contributed by atoms with E-state index in [0.717, 1.165) is 0 Å². The van der Waals surface area contributed by atoms with Gasteiger partial charge in [-0.2, -0.15) is 0 Å². The molecule has 0 saturated heterocycles. The largest absolute Gasteiger partial charge is 0.427 e. The summed E-state index contributed by atoms with van der Waals surface area (Å²) in [7, 11) is -2.42. The second kappa shape index (κ2) is 10.4. The van der Waals surface area contributed by atoms with E-state index in [9.17, 15) is 4.79 Å². The Morgan fingerprint density at radius 1 is 1.27 bits per heavy atom. The van der Waals surface area contributed by atoms with Crippen molar-refractivity contribution in [2.45, 2.75) is 12.5 Å². The van der Waals surface area contributed by atoms with Crippen molar-refractivity contribution in [3.05, 3.63) is 24.3 Å². The molecule has 1 rings (SSSR count). The van der Waals surface area contributed by atoms with Crippen LogP contribution in [0.1, 0.15) is 6.92 Å². The third-order valence-electron chi connectivity index (χ3n) is 2.29. The number of rotatable bonds is 6. The zero-order chi connectivity index (χ0) is 17.2. The average molecular weight is 336 g/mol. The van der Waals surface area contributed by atoms with Crippen LogP contribution in [0.2, 0.25) is 0 Å². The molecule has 0 unspecified atom stereocenters. The second-order valence-corrected chi connectivity index (χ2v) is 5.08. The van der Waals surface area contributed by atoms with Gasteiger partial charge in [-0.3, -0.25) is 4.79 Å². The number of benzene rings is 1. The van der Waals surface area contributed by atoms with Gasteiger partial charge in [0.2, 0.25) is 5.91 Å². The van der Waals surface area contributed by atoms with E-state index < -0.39 is 34.0 Å². The first-order valence-electron chi connectivity index (χ1n) is 6.11. The molecular formula is C12H21N2O7P. The Morgan fingerprint density at radius 2 is 1.82 bits per heavy atom. The van der Waals surface area contributed by atoms with Crippen molar-refractivity contribution in [2.24, 2.45) is 5.73 Å². The number of carbonyl (C=O) groups excluding carboxylic acids is 1. The van der Waals surface area contributed by atoms with Gasteiger partial charge in [0, 0.05) is 18.7 Å². The van der Waals surface area contributed by atoms with Gasteiger partial charge in [-0.1, -0.05) is 6.07 Å². The van der Waals surface area contributed by atoms with Gasteiger partial charge < -0.3 is 40.7 Å². The lowest BCUT2D eigenvalue weighted by atomic mass is 10.1. The van der Waals surface area contributed by atoms with E-state index in [1.165, 1.54) is 13.0 Å². The third-order valence-corrected chi connectivity index (χ3v) is 2.66. The van der Waals surface area contributed by atoms with E-state index >= 15 is 0 Å². The summed E-state index contributed by atoms with van der Waals surface area (Å²) in [5.41, 5.74) is 4.49. The van der Waals surface area contributed by atoms with Crippen LogP contribution in [0.3, 0.4) is 0 Å². The summed E-state index contributed by atoms with van der Waals surface area (Å²) < 4.78 is 4.66. The molecule has 1 aromatic rings. The Bertz CT molecular complexity index is 447. The van der Waals surface area contributed by atoms with Crippen molar-refractivity contribution in [2.75, 3.05) is 25.1 Å². The van der Waals surface area contributed by atoms with Crippen LogP contribution in [0.4, 0.5) is 5.69 Å². The number of hydrogen-bond acceptors (Lipinski definition) is 8. The lowest BCUT2D eigenvalue weighted by Crippen LogP contribution is -2.50.